The van der Waals surface area contributed by atoms with E-state index in [0.717, 1.165) is 38.7 Å². The van der Waals surface area contributed by atoms with E-state index in [1.54, 1.807) is 18.4 Å². The van der Waals surface area contributed by atoms with E-state index in [-0.39, 0.29) is 5.91 Å². The highest BCUT2D eigenvalue weighted by Crippen LogP contribution is 2.38. The van der Waals surface area contributed by atoms with Crippen LogP contribution in [0.25, 0.3) is 10.2 Å². The average molecular weight is 467 g/mol. The number of anilines is 1. The molecule has 1 amide bonds. The molecule has 0 unspecified atom stereocenters. The number of rotatable bonds is 3. The molecule has 0 aliphatic carbocycles. The lowest BCUT2D eigenvalue weighted by Crippen LogP contribution is -2.48. The number of carbonyl (C=O) groups is 1. The SMILES string of the molecule is COc1ccc(Cl)c2sc(N3CCN(C(=O)c4cccc(Br)c4)CC3)nc12. The summed E-state index contributed by atoms with van der Waals surface area (Å²) >= 11 is 11.3. The molecule has 0 N–H and O–H groups in total. The Morgan fingerprint density at radius 1 is 1.22 bits per heavy atom. The van der Waals surface area contributed by atoms with Gasteiger partial charge in [0.15, 0.2) is 5.13 Å². The molecule has 3 aromatic rings. The molecule has 1 saturated heterocycles. The highest BCUT2D eigenvalue weighted by Gasteiger charge is 2.25. The Morgan fingerprint density at radius 3 is 2.70 bits per heavy atom. The van der Waals surface area contributed by atoms with Crippen molar-refractivity contribution in [2.75, 3.05) is 38.2 Å². The lowest BCUT2D eigenvalue weighted by molar-refractivity contribution is 0.0746. The van der Waals surface area contributed by atoms with Crippen LogP contribution in [0.4, 0.5) is 5.13 Å². The van der Waals surface area contributed by atoms with Gasteiger partial charge in [0.25, 0.3) is 5.91 Å². The van der Waals surface area contributed by atoms with Gasteiger partial charge in [-0.25, -0.2) is 4.98 Å². The number of aromatic nitrogens is 1. The summed E-state index contributed by atoms with van der Waals surface area (Å²) in [7, 11) is 1.63. The Labute approximate surface area is 174 Å². The first-order valence-corrected chi connectivity index (χ1v) is 10.5. The van der Waals surface area contributed by atoms with Crippen molar-refractivity contribution in [2.24, 2.45) is 0 Å². The minimum absolute atomic E-state index is 0.0602. The van der Waals surface area contributed by atoms with Crippen LogP contribution in [0.5, 0.6) is 5.75 Å². The molecule has 2 aromatic carbocycles. The predicted molar refractivity (Wildman–Crippen MR) is 113 cm³/mol. The minimum atomic E-state index is 0.0602. The topological polar surface area (TPSA) is 45.7 Å². The molecule has 0 saturated carbocycles. The van der Waals surface area contributed by atoms with Gasteiger partial charge < -0.3 is 14.5 Å². The molecule has 0 bridgehead atoms. The predicted octanol–water partition coefficient (Wildman–Crippen LogP) is 4.68. The highest BCUT2D eigenvalue weighted by molar-refractivity contribution is 9.10. The van der Waals surface area contributed by atoms with Crippen molar-refractivity contribution in [3.05, 3.63) is 51.5 Å². The van der Waals surface area contributed by atoms with Crippen molar-refractivity contribution in [1.82, 2.24) is 9.88 Å². The average Bonchev–Trinajstić information content (AvgIpc) is 3.14. The largest absolute Gasteiger partial charge is 0.494 e. The van der Waals surface area contributed by atoms with Gasteiger partial charge in [-0.3, -0.25) is 4.79 Å². The number of ether oxygens (including phenoxy) is 1. The van der Waals surface area contributed by atoms with Gasteiger partial charge in [0.2, 0.25) is 0 Å². The maximum Gasteiger partial charge on any atom is 0.254 e. The van der Waals surface area contributed by atoms with Crippen LogP contribution in [0.15, 0.2) is 40.9 Å². The highest BCUT2D eigenvalue weighted by atomic mass is 79.9. The third kappa shape index (κ3) is 3.63. The van der Waals surface area contributed by atoms with Crippen LogP contribution in [-0.4, -0.2) is 49.1 Å². The lowest BCUT2D eigenvalue weighted by Gasteiger charge is -2.34. The van der Waals surface area contributed by atoms with Crippen molar-refractivity contribution < 1.29 is 9.53 Å². The first-order valence-electron chi connectivity index (χ1n) is 8.49. The van der Waals surface area contributed by atoms with Gasteiger partial charge >= 0.3 is 0 Å². The van der Waals surface area contributed by atoms with Crippen molar-refractivity contribution in [1.29, 1.82) is 0 Å². The Hall–Kier alpha value is -1.83. The Balaban J connectivity index is 1.50. The molecule has 0 radical (unpaired) electrons. The normalized spacial score (nSPS) is 14.6. The molecule has 140 valence electrons. The van der Waals surface area contributed by atoms with Crippen LogP contribution in [0, 0.1) is 0 Å². The second-order valence-corrected chi connectivity index (χ2v) is 8.51. The number of hydrogen-bond acceptors (Lipinski definition) is 5. The fraction of sp³-hybridized carbons (Fsp3) is 0.263. The van der Waals surface area contributed by atoms with Gasteiger partial charge in [-0.15, -0.1) is 0 Å². The van der Waals surface area contributed by atoms with E-state index in [1.165, 1.54) is 0 Å². The lowest BCUT2D eigenvalue weighted by atomic mass is 10.2. The summed E-state index contributed by atoms with van der Waals surface area (Å²) in [6.45, 7) is 2.79. The molecular formula is C19H17BrClN3O2S. The fourth-order valence-electron chi connectivity index (χ4n) is 3.15. The monoisotopic (exact) mass is 465 g/mol. The summed E-state index contributed by atoms with van der Waals surface area (Å²) in [5.74, 6) is 0.783. The molecule has 0 atom stereocenters. The fourth-order valence-corrected chi connectivity index (χ4v) is 4.85. The van der Waals surface area contributed by atoms with Crippen molar-refractivity contribution >= 4 is 60.1 Å². The number of hydrogen-bond donors (Lipinski definition) is 0. The Morgan fingerprint density at radius 2 is 2.00 bits per heavy atom. The number of fused-ring (bicyclic) bond motifs is 1. The molecule has 2 heterocycles. The Kier molecular flexibility index (Phi) is 5.25. The zero-order valence-corrected chi connectivity index (χ0v) is 17.8. The molecule has 1 aliphatic heterocycles. The van der Waals surface area contributed by atoms with Gasteiger partial charge in [-0.1, -0.05) is 44.9 Å². The molecule has 4 rings (SSSR count). The van der Waals surface area contributed by atoms with Gasteiger partial charge in [-0.2, -0.15) is 0 Å². The minimum Gasteiger partial charge on any atom is -0.494 e. The van der Waals surface area contributed by atoms with Crippen molar-refractivity contribution in [3.63, 3.8) is 0 Å². The molecule has 5 nitrogen and oxygen atoms in total. The number of thiazole rings is 1. The first kappa shape index (κ1) is 18.5. The van der Waals surface area contributed by atoms with Gasteiger partial charge in [-0.05, 0) is 30.3 Å². The molecule has 1 fully saturated rings. The smallest absolute Gasteiger partial charge is 0.254 e. The van der Waals surface area contributed by atoms with Crippen LogP contribution in [0.1, 0.15) is 10.4 Å². The van der Waals surface area contributed by atoms with E-state index >= 15 is 0 Å². The number of methoxy groups -OCH3 is 1. The third-order valence-electron chi connectivity index (χ3n) is 4.58. The number of piperazine rings is 1. The number of amides is 1. The summed E-state index contributed by atoms with van der Waals surface area (Å²) in [4.78, 5) is 21.5. The number of benzene rings is 2. The molecule has 1 aromatic heterocycles. The number of halogens is 2. The summed E-state index contributed by atoms with van der Waals surface area (Å²) in [6, 6.07) is 11.2. The molecular weight excluding hydrogens is 450 g/mol. The van der Waals surface area contributed by atoms with E-state index in [9.17, 15) is 4.79 Å². The first-order chi connectivity index (χ1) is 13.1. The standard InChI is InChI=1S/C19H17BrClN3O2S/c1-26-15-6-5-14(21)17-16(15)22-19(27-17)24-9-7-23(8-10-24)18(25)12-3-2-4-13(20)11-12/h2-6,11H,7-10H2,1H3. The molecule has 0 spiro atoms. The second kappa shape index (κ2) is 7.66. The molecule has 8 heteroatoms. The number of carbonyl (C=O) groups excluding carboxylic acids is 1. The van der Waals surface area contributed by atoms with Crippen LogP contribution in [0.3, 0.4) is 0 Å². The van der Waals surface area contributed by atoms with E-state index in [4.69, 9.17) is 21.3 Å². The zero-order valence-electron chi connectivity index (χ0n) is 14.6. The zero-order chi connectivity index (χ0) is 19.0. The van der Waals surface area contributed by atoms with Gasteiger partial charge in [0, 0.05) is 36.2 Å². The summed E-state index contributed by atoms with van der Waals surface area (Å²) in [6.07, 6.45) is 0. The number of nitrogens with zero attached hydrogens (tertiary/aromatic N) is 3. The van der Waals surface area contributed by atoms with Crippen molar-refractivity contribution in [2.45, 2.75) is 0 Å². The van der Waals surface area contributed by atoms with E-state index in [1.807, 2.05) is 41.3 Å². The summed E-state index contributed by atoms with van der Waals surface area (Å²) in [5, 5.41) is 1.59. The van der Waals surface area contributed by atoms with Crippen LogP contribution < -0.4 is 9.64 Å². The van der Waals surface area contributed by atoms with E-state index in [2.05, 4.69) is 20.8 Å². The quantitative estimate of drug-likeness (QED) is 0.562. The van der Waals surface area contributed by atoms with Crippen LogP contribution in [-0.2, 0) is 0 Å². The van der Waals surface area contributed by atoms with E-state index in [0.29, 0.717) is 23.7 Å². The summed E-state index contributed by atoms with van der Waals surface area (Å²) < 4.78 is 7.24. The van der Waals surface area contributed by atoms with Crippen molar-refractivity contribution in [3.8, 4) is 5.75 Å². The van der Waals surface area contributed by atoms with Crippen LogP contribution >= 0.6 is 38.9 Å². The maximum absolute atomic E-state index is 12.7. The third-order valence-corrected chi connectivity index (χ3v) is 6.65. The summed E-state index contributed by atoms with van der Waals surface area (Å²) in [5.41, 5.74) is 1.49. The second-order valence-electron chi connectivity index (χ2n) is 6.21. The molecule has 1 aliphatic rings. The van der Waals surface area contributed by atoms with Crippen LogP contribution in [0.2, 0.25) is 5.02 Å². The van der Waals surface area contributed by atoms with Gasteiger partial charge in [0.05, 0.1) is 16.8 Å². The molecule has 27 heavy (non-hydrogen) atoms. The van der Waals surface area contributed by atoms with E-state index < -0.39 is 0 Å². The maximum atomic E-state index is 12.7. The Bertz CT molecular complexity index is 1000. The van der Waals surface area contributed by atoms with Gasteiger partial charge in [0.1, 0.15) is 11.3 Å².